The monoisotopic (exact) mass is 547 g/mol. The van der Waals surface area contributed by atoms with Crippen molar-refractivity contribution in [3.05, 3.63) is 64.3 Å². The van der Waals surface area contributed by atoms with Gasteiger partial charge in [-0.1, -0.05) is 6.08 Å². The Hall–Kier alpha value is -4.58. The molecule has 3 heterocycles. The summed E-state index contributed by atoms with van der Waals surface area (Å²) in [5, 5.41) is 25.2. The number of nitrogens with zero attached hydrogens (tertiary/aromatic N) is 8. The molecule has 1 aliphatic rings. The number of alkyl halides is 4. The summed E-state index contributed by atoms with van der Waals surface area (Å²) in [6.45, 7) is 1.24. The first-order chi connectivity index (χ1) is 18.0. The third kappa shape index (κ3) is 5.39. The highest BCUT2D eigenvalue weighted by Crippen LogP contribution is 2.28. The Bertz CT molecular complexity index is 1500. The van der Waals surface area contributed by atoms with Crippen molar-refractivity contribution in [2.24, 2.45) is 4.99 Å². The lowest BCUT2D eigenvalue weighted by atomic mass is 10.0. The van der Waals surface area contributed by atoms with Crippen molar-refractivity contribution in [3.63, 3.8) is 0 Å². The Morgan fingerprint density at radius 1 is 1.26 bits per heavy atom. The first kappa shape index (κ1) is 26.5. The number of dihydropyridines is 1. The fourth-order valence-electron chi connectivity index (χ4n) is 3.60. The number of aromatic nitrogens is 6. The van der Waals surface area contributed by atoms with Crippen LogP contribution in [-0.2, 0) is 17.5 Å². The number of methoxy groups -OCH3 is 1. The zero-order valence-electron chi connectivity index (χ0n) is 19.6. The van der Waals surface area contributed by atoms with Gasteiger partial charge in [0.25, 0.3) is 11.7 Å². The fraction of sp³-hybridized carbons (Fsp3) is 0.273. The number of esters is 1. The lowest BCUT2D eigenvalue weighted by Crippen LogP contribution is -2.26. The number of nitrogens with one attached hydrogen (secondary N) is 1. The SMILES string of the molecule is COC(=O)c1cc(C#N)cc(C)c1NC(=O)c1cc(Cn2nnc(C(F)(F)F)n2)nn1C1N=CC=CC1Cl. The summed E-state index contributed by atoms with van der Waals surface area (Å²) in [5.74, 6) is -2.95. The van der Waals surface area contributed by atoms with Crippen LogP contribution in [0.25, 0.3) is 0 Å². The summed E-state index contributed by atoms with van der Waals surface area (Å²) in [5.41, 5.74) is 0.671. The molecular formula is C22H17ClF3N9O3. The van der Waals surface area contributed by atoms with Crippen LogP contribution in [0.4, 0.5) is 18.9 Å². The van der Waals surface area contributed by atoms with Crippen LogP contribution in [0.15, 0.2) is 35.3 Å². The fourth-order valence-corrected chi connectivity index (χ4v) is 3.86. The van der Waals surface area contributed by atoms with Crippen molar-refractivity contribution in [1.29, 1.82) is 5.26 Å². The topological polar surface area (TPSA) is 153 Å². The number of benzene rings is 1. The number of anilines is 1. The van der Waals surface area contributed by atoms with Crippen molar-refractivity contribution in [1.82, 2.24) is 30.0 Å². The predicted octanol–water partition coefficient (Wildman–Crippen LogP) is 2.90. The summed E-state index contributed by atoms with van der Waals surface area (Å²) in [4.78, 5) is 30.8. The molecule has 16 heteroatoms. The number of tetrazole rings is 1. The molecule has 1 aromatic carbocycles. The largest absolute Gasteiger partial charge is 0.465 e. The van der Waals surface area contributed by atoms with Gasteiger partial charge in [-0.2, -0.15) is 28.3 Å². The molecule has 0 aliphatic carbocycles. The van der Waals surface area contributed by atoms with E-state index in [0.29, 0.717) is 10.4 Å². The number of halogens is 4. The summed E-state index contributed by atoms with van der Waals surface area (Å²) >= 11 is 6.37. The number of carbonyl (C=O) groups excluding carboxylic acids is 2. The highest BCUT2D eigenvalue weighted by Gasteiger charge is 2.37. The molecule has 0 fully saturated rings. The van der Waals surface area contributed by atoms with Crippen molar-refractivity contribution in [3.8, 4) is 6.07 Å². The van der Waals surface area contributed by atoms with E-state index in [2.05, 4.69) is 30.8 Å². The number of carbonyl (C=O) groups is 2. The molecule has 4 rings (SSSR count). The molecule has 0 saturated heterocycles. The summed E-state index contributed by atoms with van der Waals surface area (Å²) in [6.07, 6.45) is -0.960. The summed E-state index contributed by atoms with van der Waals surface area (Å²) in [7, 11) is 1.15. The highest BCUT2D eigenvalue weighted by molar-refractivity contribution is 6.22. The smallest absolute Gasteiger partial charge is 0.455 e. The van der Waals surface area contributed by atoms with Gasteiger partial charge in [-0.05, 0) is 42.0 Å². The minimum absolute atomic E-state index is 0.0518. The van der Waals surface area contributed by atoms with Gasteiger partial charge >= 0.3 is 12.1 Å². The zero-order valence-corrected chi connectivity index (χ0v) is 20.4. The number of aliphatic imine (C=N–C) groups is 1. The van der Waals surface area contributed by atoms with E-state index in [4.69, 9.17) is 16.3 Å². The summed E-state index contributed by atoms with van der Waals surface area (Å²) in [6, 6.07) is 5.99. The lowest BCUT2D eigenvalue weighted by molar-refractivity contribution is -0.145. The molecule has 1 aliphatic heterocycles. The van der Waals surface area contributed by atoms with E-state index in [9.17, 15) is 28.0 Å². The molecule has 0 spiro atoms. The van der Waals surface area contributed by atoms with Crippen LogP contribution < -0.4 is 5.32 Å². The van der Waals surface area contributed by atoms with E-state index in [1.165, 1.54) is 29.1 Å². The third-order valence-electron chi connectivity index (χ3n) is 5.29. The van der Waals surface area contributed by atoms with Crippen molar-refractivity contribution >= 4 is 35.4 Å². The van der Waals surface area contributed by atoms with Gasteiger partial charge < -0.3 is 10.1 Å². The van der Waals surface area contributed by atoms with Crippen LogP contribution in [0, 0.1) is 18.3 Å². The van der Waals surface area contributed by atoms with E-state index in [-0.39, 0.29) is 34.7 Å². The second-order valence-corrected chi connectivity index (χ2v) is 8.42. The second kappa shape index (κ2) is 10.4. The standard InChI is InChI=1S/C22H17ClF3N9O3/c1-11-6-12(9-27)7-14(20(37)38-2)17(11)29-19(36)16-8-13(10-34-32-21(30-33-34)22(24,25)26)31-35(16)18-15(23)4-3-5-28-18/h3-8,15,18H,10H2,1-2H3,(H,29,36). The van der Waals surface area contributed by atoms with Gasteiger partial charge in [0, 0.05) is 6.21 Å². The summed E-state index contributed by atoms with van der Waals surface area (Å²) < 4.78 is 44.6. The third-order valence-corrected chi connectivity index (χ3v) is 5.66. The molecule has 1 amide bonds. The quantitative estimate of drug-likeness (QED) is 0.365. The minimum atomic E-state index is -4.78. The van der Waals surface area contributed by atoms with E-state index in [1.54, 1.807) is 19.1 Å². The van der Waals surface area contributed by atoms with Crippen LogP contribution in [0.3, 0.4) is 0 Å². The number of hydrogen-bond donors (Lipinski definition) is 1. The number of aryl methyl sites for hydroxylation is 1. The van der Waals surface area contributed by atoms with Crippen LogP contribution in [0.1, 0.15) is 49.7 Å². The first-order valence-electron chi connectivity index (χ1n) is 10.7. The number of amides is 1. The second-order valence-electron chi connectivity index (χ2n) is 7.92. The first-order valence-corrected chi connectivity index (χ1v) is 11.2. The van der Waals surface area contributed by atoms with Crippen LogP contribution in [0.2, 0.25) is 0 Å². The molecule has 2 aromatic heterocycles. The number of rotatable bonds is 6. The van der Waals surface area contributed by atoms with E-state index in [0.717, 1.165) is 7.11 Å². The van der Waals surface area contributed by atoms with Gasteiger partial charge in [0.1, 0.15) is 12.2 Å². The molecule has 3 aromatic rings. The molecule has 0 bridgehead atoms. The van der Waals surface area contributed by atoms with Crippen LogP contribution >= 0.6 is 11.6 Å². The Morgan fingerprint density at radius 3 is 2.66 bits per heavy atom. The molecule has 2 unspecified atom stereocenters. The number of ether oxygens (including phenoxy) is 1. The molecule has 0 radical (unpaired) electrons. The molecular weight excluding hydrogens is 531 g/mol. The van der Waals surface area contributed by atoms with Crippen LogP contribution in [0.5, 0.6) is 0 Å². The minimum Gasteiger partial charge on any atom is -0.465 e. The molecule has 12 nitrogen and oxygen atoms in total. The predicted molar refractivity (Wildman–Crippen MR) is 126 cm³/mol. The molecule has 2 atom stereocenters. The molecule has 0 saturated carbocycles. The van der Waals surface area contributed by atoms with E-state index in [1.807, 2.05) is 6.07 Å². The molecule has 196 valence electrons. The van der Waals surface area contributed by atoms with Gasteiger partial charge in [0.05, 0.1) is 41.1 Å². The van der Waals surface area contributed by atoms with Crippen molar-refractivity contribution < 1.29 is 27.5 Å². The van der Waals surface area contributed by atoms with Gasteiger partial charge in [-0.3, -0.25) is 9.79 Å². The highest BCUT2D eigenvalue weighted by atomic mass is 35.5. The lowest BCUT2D eigenvalue weighted by Gasteiger charge is -2.21. The number of allylic oxidation sites excluding steroid dienone is 1. The Balaban J connectivity index is 1.73. The zero-order chi connectivity index (χ0) is 27.6. The van der Waals surface area contributed by atoms with Gasteiger partial charge in [-0.15, -0.1) is 21.8 Å². The Morgan fingerprint density at radius 2 is 2.03 bits per heavy atom. The average molecular weight is 548 g/mol. The van der Waals surface area contributed by atoms with Crippen molar-refractivity contribution in [2.75, 3.05) is 12.4 Å². The molecule has 1 N–H and O–H groups in total. The Kier molecular flexibility index (Phi) is 7.26. The van der Waals surface area contributed by atoms with E-state index < -0.39 is 35.4 Å². The normalized spacial score (nSPS) is 16.8. The maximum Gasteiger partial charge on any atom is 0.455 e. The maximum atomic E-state index is 13.5. The number of hydrogen-bond acceptors (Lipinski definition) is 9. The molecule has 38 heavy (non-hydrogen) atoms. The number of nitriles is 1. The van der Waals surface area contributed by atoms with Gasteiger partial charge in [-0.25, -0.2) is 9.48 Å². The van der Waals surface area contributed by atoms with Gasteiger partial charge in [0.15, 0.2) is 6.17 Å². The van der Waals surface area contributed by atoms with Crippen molar-refractivity contribution in [2.45, 2.75) is 31.2 Å². The average Bonchev–Trinajstić information content (AvgIpc) is 3.52. The van der Waals surface area contributed by atoms with Gasteiger partial charge in [0.2, 0.25) is 0 Å². The Labute approximate surface area is 217 Å². The van der Waals surface area contributed by atoms with Crippen LogP contribution in [-0.4, -0.2) is 60.6 Å². The van der Waals surface area contributed by atoms with E-state index >= 15 is 0 Å². The maximum absolute atomic E-state index is 13.5.